The number of rotatable bonds is 5. The standard InChI is InChI=1S/C15H20N4/c1-3-19(11-13-4-6-17-7-5-13)15-8-12(2)18-10-14(15)9-16/h4-8,10H,3,9,11,16H2,1-2H3. The Kier molecular flexibility index (Phi) is 4.47. The summed E-state index contributed by atoms with van der Waals surface area (Å²) in [7, 11) is 0. The zero-order chi connectivity index (χ0) is 13.7. The maximum Gasteiger partial charge on any atom is 0.0448 e. The smallest absolute Gasteiger partial charge is 0.0448 e. The van der Waals surface area contributed by atoms with Crippen molar-refractivity contribution < 1.29 is 0 Å². The Labute approximate surface area is 114 Å². The Morgan fingerprint density at radius 3 is 2.63 bits per heavy atom. The van der Waals surface area contributed by atoms with Gasteiger partial charge in [-0.3, -0.25) is 9.97 Å². The van der Waals surface area contributed by atoms with Crippen LogP contribution in [0, 0.1) is 6.92 Å². The Morgan fingerprint density at radius 2 is 2.00 bits per heavy atom. The highest BCUT2D eigenvalue weighted by Crippen LogP contribution is 2.22. The summed E-state index contributed by atoms with van der Waals surface area (Å²) in [5, 5.41) is 0. The van der Waals surface area contributed by atoms with E-state index < -0.39 is 0 Å². The third kappa shape index (κ3) is 3.29. The summed E-state index contributed by atoms with van der Waals surface area (Å²) in [5.41, 5.74) is 10.3. The number of aromatic nitrogens is 2. The number of nitrogens with two attached hydrogens (primary N) is 1. The maximum atomic E-state index is 5.81. The molecule has 2 N–H and O–H groups in total. The van der Waals surface area contributed by atoms with E-state index in [1.165, 1.54) is 11.3 Å². The van der Waals surface area contributed by atoms with E-state index in [2.05, 4.69) is 27.9 Å². The maximum absolute atomic E-state index is 5.81. The first-order valence-corrected chi connectivity index (χ1v) is 6.54. The third-order valence-corrected chi connectivity index (χ3v) is 3.16. The van der Waals surface area contributed by atoms with E-state index in [0.717, 1.165) is 24.3 Å². The molecule has 0 amide bonds. The molecule has 0 saturated carbocycles. The number of anilines is 1. The lowest BCUT2D eigenvalue weighted by molar-refractivity contribution is 0.816. The van der Waals surface area contributed by atoms with Gasteiger partial charge in [0.2, 0.25) is 0 Å². The molecule has 2 rings (SSSR count). The molecule has 0 aromatic carbocycles. The molecule has 2 aromatic rings. The van der Waals surface area contributed by atoms with Crippen LogP contribution in [0.1, 0.15) is 23.7 Å². The summed E-state index contributed by atoms with van der Waals surface area (Å²) in [4.78, 5) is 10.7. The van der Waals surface area contributed by atoms with Gasteiger partial charge in [0.05, 0.1) is 0 Å². The lowest BCUT2D eigenvalue weighted by Crippen LogP contribution is -2.24. The van der Waals surface area contributed by atoms with Crippen molar-refractivity contribution in [1.29, 1.82) is 0 Å². The highest BCUT2D eigenvalue weighted by atomic mass is 15.1. The van der Waals surface area contributed by atoms with Crippen LogP contribution in [0.3, 0.4) is 0 Å². The van der Waals surface area contributed by atoms with E-state index in [9.17, 15) is 0 Å². The Morgan fingerprint density at radius 1 is 1.26 bits per heavy atom. The molecule has 0 bridgehead atoms. The summed E-state index contributed by atoms with van der Waals surface area (Å²) in [5.74, 6) is 0. The fourth-order valence-corrected chi connectivity index (χ4v) is 2.10. The van der Waals surface area contributed by atoms with Crippen LogP contribution in [-0.4, -0.2) is 16.5 Å². The molecule has 0 fully saturated rings. The molecule has 0 aliphatic heterocycles. The third-order valence-electron chi connectivity index (χ3n) is 3.16. The average Bonchev–Trinajstić information content (AvgIpc) is 2.46. The molecule has 0 unspecified atom stereocenters. The molecule has 2 heterocycles. The van der Waals surface area contributed by atoms with Gasteiger partial charge in [0, 0.05) is 55.2 Å². The molecule has 0 aliphatic rings. The molecule has 19 heavy (non-hydrogen) atoms. The number of hydrogen-bond acceptors (Lipinski definition) is 4. The number of hydrogen-bond donors (Lipinski definition) is 1. The topological polar surface area (TPSA) is 55.0 Å². The van der Waals surface area contributed by atoms with Crippen molar-refractivity contribution in [2.75, 3.05) is 11.4 Å². The van der Waals surface area contributed by atoms with Crippen LogP contribution in [0.15, 0.2) is 36.8 Å². The van der Waals surface area contributed by atoms with Crippen LogP contribution in [-0.2, 0) is 13.1 Å². The van der Waals surface area contributed by atoms with Crippen molar-refractivity contribution in [2.45, 2.75) is 26.9 Å². The fraction of sp³-hybridized carbons (Fsp3) is 0.333. The Hall–Kier alpha value is -1.94. The van der Waals surface area contributed by atoms with Crippen molar-refractivity contribution in [3.63, 3.8) is 0 Å². The first kappa shape index (κ1) is 13.5. The van der Waals surface area contributed by atoms with Gasteiger partial charge >= 0.3 is 0 Å². The number of aryl methyl sites for hydroxylation is 1. The van der Waals surface area contributed by atoms with E-state index >= 15 is 0 Å². The van der Waals surface area contributed by atoms with Crippen LogP contribution in [0.25, 0.3) is 0 Å². The van der Waals surface area contributed by atoms with Gasteiger partial charge in [0.1, 0.15) is 0 Å². The van der Waals surface area contributed by atoms with E-state index in [1.807, 2.05) is 37.6 Å². The molecule has 2 aromatic heterocycles. The lowest BCUT2D eigenvalue weighted by atomic mass is 10.1. The summed E-state index contributed by atoms with van der Waals surface area (Å²) < 4.78 is 0. The van der Waals surface area contributed by atoms with Crippen LogP contribution in [0.5, 0.6) is 0 Å². The zero-order valence-corrected chi connectivity index (χ0v) is 11.5. The Bertz CT molecular complexity index is 525. The van der Waals surface area contributed by atoms with E-state index in [-0.39, 0.29) is 0 Å². The van der Waals surface area contributed by atoms with Crippen LogP contribution >= 0.6 is 0 Å². The van der Waals surface area contributed by atoms with E-state index in [4.69, 9.17) is 5.73 Å². The molecule has 4 heteroatoms. The largest absolute Gasteiger partial charge is 0.367 e. The molecule has 0 radical (unpaired) electrons. The number of pyridine rings is 2. The molecule has 0 aliphatic carbocycles. The minimum Gasteiger partial charge on any atom is -0.367 e. The minimum atomic E-state index is 0.509. The van der Waals surface area contributed by atoms with E-state index in [1.54, 1.807) is 0 Å². The molecular weight excluding hydrogens is 236 g/mol. The van der Waals surface area contributed by atoms with Gasteiger partial charge in [-0.15, -0.1) is 0 Å². The average molecular weight is 256 g/mol. The summed E-state index contributed by atoms with van der Waals surface area (Å²) in [6, 6.07) is 6.19. The lowest BCUT2D eigenvalue weighted by Gasteiger charge is -2.25. The molecule has 100 valence electrons. The monoisotopic (exact) mass is 256 g/mol. The van der Waals surface area contributed by atoms with Crippen molar-refractivity contribution in [2.24, 2.45) is 5.73 Å². The number of nitrogens with zero attached hydrogens (tertiary/aromatic N) is 3. The van der Waals surface area contributed by atoms with E-state index in [0.29, 0.717) is 6.54 Å². The first-order chi connectivity index (χ1) is 9.24. The molecular formula is C15H20N4. The quantitative estimate of drug-likeness (QED) is 0.891. The molecule has 0 atom stereocenters. The SMILES string of the molecule is CCN(Cc1ccncc1)c1cc(C)ncc1CN. The van der Waals surface area contributed by atoms with Crippen LogP contribution in [0.2, 0.25) is 0 Å². The van der Waals surface area contributed by atoms with Crippen molar-refractivity contribution in [3.05, 3.63) is 53.6 Å². The van der Waals surface area contributed by atoms with Gasteiger partial charge in [0.15, 0.2) is 0 Å². The van der Waals surface area contributed by atoms with Crippen molar-refractivity contribution >= 4 is 5.69 Å². The summed E-state index contributed by atoms with van der Waals surface area (Å²) in [6.45, 7) is 6.45. The van der Waals surface area contributed by atoms with Gasteiger partial charge in [0.25, 0.3) is 0 Å². The molecule has 0 saturated heterocycles. The normalized spacial score (nSPS) is 10.5. The molecule has 0 spiro atoms. The van der Waals surface area contributed by atoms with Gasteiger partial charge in [-0.25, -0.2) is 0 Å². The first-order valence-electron chi connectivity index (χ1n) is 6.54. The summed E-state index contributed by atoms with van der Waals surface area (Å²) >= 11 is 0. The van der Waals surface area contributed by atoms with Crippen molar-refractivity contribution in [1.82, 2.24) is 9.97 Å². The molecule has 4 nitrogen and oxygen atoms in total. The predicted molar refractivity (Wildman–Crippen MR) is 77.8 cm³/mol. The highest BCUT2D eigenvalue weighted by Gasteiger charge is 2.10. The minimum absolute atomic E-state index is 0.509. The zero-order valence-electron chi connectivity index (χ0n) is 11.5. The van der Waals surface area contributed by atoms with Gasteiger partial charge in [-0.05, 0) is 37.6 Å². The van der Waals surface area contributed by atoms with Gasteiger partial charge in [-0.1, -0.05) is 0 Å². The highest BCUT2D eigenvalue weighted by molar-refractivity contribution is 5.53. The second-order valence-electron chi connectivity index (χ2n) is 4.53. The van der Waals surface area contributed by atoms with Gasteiger partial charge < -0.3 is 10.6 Å². The fourth-order valence-electron chi connectivity index (χ4n) is 2.10. The van der Waals surface area contributed by atoms with Crippen molar-refractivity contribution in [3.8, 4) is 0 Å². The predicted octanol–water partition coefficient (Wildman–Crippen LogP) is 2.27. The Balaban J connectivity index is 2.29. The second-order valence-corrected chi connectivity index (χ2v) is 4.53. The van der Waals surface area contributed by atoms with Gasteiger partial charge in [-0.2, -0.15) is 0 Å². The second kappa shape index (κ2) is 6.29. The van der Waals surface area contributed by atoms with Crippen LogP contribution < -0.4 is 10.6 Å². The summed E-state index contributed by atoms with van der Waals surface area (Å²) in [6.07, 6.45) is 5.52. The van der Waals surface area contributed by atoms with Crippen LogP contribution in [0.4, 0.5) is 5.69 Å².